The molecule has 162 valence electrons. The number of carbonyl (C=O) groups is 1. The molecule has 2 aromatic carbocycles. The topological polar surface area (TPSA) is 86.5 Å². The minimum absolute atomic E-state index is 0.146. The molecule has 0 saturated heterocycles. The molecule has 0 aliphatic carbocycles. The average molecular weight is 466 g/mol. The first kappa shape index (κ1) is 20.6. The number of thiophene rings is 1. The monoisotopic (exact) mass is 465 g/mol. The van der Waals surface area contributed by atoms with E-state index in [1.165, 1.54) is 0 Å². The van der Waals surface area contributed by atoms with E-state index in [1.807, 2.05) is 60.0 Å². The highest BCUT2D eigenvalue weighted by Gasteiger charge is 2.19. The van der Waals surface area contributed by atoms with Gasteiger partial charge in [0.05, 0.1) is 10.6 Å². The van der Waals surface area contributed by atoms with E-state index in [-0.39, 0.29) is 12.3 Å². The summed E-state index contributed by atoms with van der Waals surface area (Å²) in [5.74, 6) is 2.14. The van der Waals surface area contributed by atoms with Crippen LogP contribution in [0.25, 0.3) is 10.7 Å². The Kier molecular flexibility index (Phi) is 6.09. The van der Waals surface area contributed by atoms with Crippen molar-refractivity contribution >= 4 is 34.7 Å². The van der Waals surface area contributed by atoms with Crippen LogP contribution in [0.5, 0.6) is 11.5 Å². The Hall–Kier alpha value is -3.30. The number of aryl methyl sites for hydroxylation is 1. The molecular weight excluding hydrogens is 446 g/mol. The van der Waals surface area contributed by atoms with Crippen molar-refractivity contribution in [2.24, 2.45) is 0 Å². The van der Waals surface area contributed by atoms with Crippen LogP contribution in [-0.2, 0) is 11.2 Å². The van der Waals surface area contributed by atoms with Crippen molar-refractivity contribution < 1.29 is 18.8 Å². The highest BCUT2D eigenvalue weighted by atomic mass is 32.2. The van der Waals surface area contributed by atoms with Crippen LogP contribution in [0.15, 0.2) is 74.3 Å². The summed E-state index contributed by atoms with van der Waals surface area (Å²) in [6.07, 6.45) is 0.575. The maximum absolute atomic E-state index is 12.7. The molecule has 1 N–H and O–H groups in total. The van der Waals surface area contributed by atoms with E-state index in [4.69, 9.17) is 14.0 Å². The molecule has 0 bridgehead atoms. The zero-order valence-electron chi connectivity index (χ0n) is 16.9. The first-order valence-electron chi connectivity index (χ1n) is 10.1. The van der Waals surface area contributed by atoms with Crippen molar-refractivity contribution in [3.8, 4) is 22.2 Å². The molecule has 0 atom stereocenters. The number of aromatic nitrogens is 2. The van der Waals surface area contributed by atoms with Gasteiger partial charge in [0, 0.05) is 34.8 Å². The fraction of sp³-hybridized carbons (Fsp3) is 0.174. The normalized spacial score (nSPS) is 12.5. The Labute approximate surface area is 192 Å². The maximum Gasteiger partial charge on any atom is 0.227 e. The quantitative estimate of drug-likeness (QED) is 0.397. The van der Waals surface area contributed by atoms with Gasteiger partial charge in [-0.05, 0) is 23.6 Å². The molecule has 9 heteroatoms. The summed E-state index contributed by atoms with van der Waals surface area (Å²) >= 11 is 3.10. The predicted molar refractivity (Wildman–Crippen MR) is 123 cm³/mol. The molecule has 0 spiro atoms. The van der Waals surface area contributed by atoms with Gasteiger partial charge in [-0.2, -0.15) is 4.98 Å². The van der Waals surface area contributed by atoms with E-state index in [9.17, 15) is 4.79 Å². The third-order valence-corrected chi connectivity index (χ3v) is 6.60. The van der Waals surface area contributed by atoms with Crippen LogP contribution < -0.4 is 14.8 Å². The van der Waals surface area contributed by atoms with Gasteiger partial charge in [0.1, 0.15) is 13.2 Å². The third-order valence-electron chi connectivity index (χ3n) is 4.67. The van der Waals surface area contributed by atoms with E-state index < -0.39 is 0 Å². The Morgan fingerprint density at radius 2 is 1.88 bits per heavy atom. The molecule has 32 heavy (non-hydrogen) atoms. The lowest BCUT2D eigenvalue weighted by atomic mass is 10.2. The van der Waals surface area contributed by atoms with Crippen molar-refractivity contribution in [2.75, 3.05) is 18.5 Å². The van der Waals surface area contributed by atoms with E-state index in [0.29, 0.717) is 48.5 Å². The molecule has 5 rings (SSSR count). The van der Waals surface area contributed by atoms with Gasteiger partial charge in [0.2, 0.25) is 17.6 Å². The second-order valence-corrected chi connectivity index (χ2v) is 9.01. The standard InChI is InChI=1S/C23H19N3O4S2/c27-21(8-9-22-25-23(26-30-22)19-7-4-12-31-19)24-16-13-17-18(29-11-10-28-17)14-20(16)32-15-5-2-1-3-6-15/h1-7,12-14H,8-11H2,(H,24,27). The molecule has 0 radical (unpaired) electrons. The predicted octanol–water partition coefficient (Wildman–Crippen LogP) is 5.29. The lowest BCUT2D eigenvalue weighted by Crippen LogP contribution is -2.17. The number of rotatable bonds is 7. The van der Waals surface area contributed by atoms with E-state index in [1.54, 1.807) is 23.1 Å². The molecule has 4 aromatic rings. The number of ether oxygens (including phenoxy) is 2. The number of fused-ring (bicyclic) bond motifs is 1. The van der Waals surface area contributed by atoms with Gasteiger partial charge in [-0.25, -0.2) is 0 Å². The molecule has 0 fully saturated rings. The number of nitrogens with zero attached hydrogens (tertiary/aromatic N) is 2. The molecular formula is C23H19N3O4S2. The minimum Gasteiger partial charge on any atom is -0.486 e. The highest BCUT2D eigenvalue weighted by Crippen LogP contribution is 2.42. The molecule has 2 aromatic heterocycles. The zero-order valence-corrected chi connectivity index (χ0v) is 18.6. The molecule has 1 aliphatic rings. The third kappa shape index (κ3) is 4.79. The Balaban J connectivity index is 1.29. The van der Waals surface area contributed by atoms with Crippen molar-refractivity contribution in [1.29, 1.82) is 0 Å². The van der Waals surface area contributed by atoms with Crippen molar-refractivity contribution in [2.45, 2.75) is 22.6 Å². The van der Waals surface area contributed by atoms with Crippen molar-refractivity contribution in [3.05, 3.63) is 65.9 Å². The van der Waals surface area contributed by atoms with E-state index in [2.05, 4.69) is 15.5 Å². The molecule has 0 saturated carbocycles. The number of amides is 1. The smallest absolute Gasteiger partial charge is 0.227 e. The molecule has 0 unspecified atom stereocenters. The van der Waals surface area contributed by atoms with Gasteiger partial charge in [0.15, 0.2) is 11.5 Å². The number of hydrogen-bond donors (Lipinski definition) is 1. The van der Waals surface area contributed by atoms with Crippen LogP contribution in [0.3, 0.4) is 0 Å². The summed E-state index contributed by atoms with van der Waals surface area (Å²) in [7, 11) is 0. The van der Waals surface area contributed by atoms with Crippen molar-refractivity contribution in [1.82, 2.24) is 10.1 Å². The van der Waals surface area contributed by atoms with Crippen LogP contribution in [0.2, 0.25) is 0 Å². The summed E-state index contributed by atoms with van der Waals surface area (Å²) in [5, 5.41) is 8.95. The second kappa shape index (κ2) is 9.46. The average Bonchev–Trinajstić information content (AvgIpc) is 3.51. The number of carbonyl (C=O) groups excluding carboxylic acids is 1. The van der Waals surface area contributed by atoms with Crippen LogP contribution in [-0.4, -0.2) is 29.3 Å². The molecule has 1 aliphatic heterocycles. The number of nitrogens with one attached hydrogen (secondary N) is 1. The van der Waals surface area contributed by atoms with Gasteiger partial charge in [0.25, 0.3) is 0 Å². The van der Waals surface area contributed by atoms with Gasteiger partial charge >= 0.3 is 0 Å². The SMILES string of the molecule is O=C(CCc1nc(-c2cccs2)no1)Nc1cc2c(cc1Sc1ccccc1)OCCO2. The Morgan fingerprint density at radius 1 is 1.06 bits per heavy atom. The van der Waals surface area contributed by atoms with Crippen molar-refractivity contribution in [3.63, 3.8) is 0 Å². The van der Waals surface area contributed by atoms with Crippen LogP contribution in [0.4, 0.5) is 5.69 Å². The van der Waals surface area contributed by atoms with Crippen LogP contribution in [0, 0.1) is 0 Å². The largest absolute Gasteiger partial charge is 0.486 e. The number of anilines is 1. The zero-order chi connectivity index (χ0) is 21.8. The molecule has 7 nitrogen and oxygen atoms in total. The van der Waals surface area contributed by atoms with E-state index >= 15 is 0 Å². The summed E-state index contributed by atoms with van der Waals surface area (Å²) in [4.78, 5) is 20.0. The Bertz CT molecular complexity index is 1210. The fourth-order valence-corrected chi connectivity index (χ4v) is 4.75. The minimum atomic E-state index is -0.146. The van der Waals surface area contributed by atoms with Gasteiger partial charge in [-0.3, -0.25) is 4.79 Å². The molecule has 1 amide bonds. The fourth-order valence-electron chi connectivity index (χ4n) is 3.16. The van der Waals surface area contributed by atoms with Gasteiger partial charge < -0.3 is 19.3 Å². The van der Waals surface area contributed by atoms with Crippen LogP contribution in [0.1, 0.15) is 12.3 Å². The molecule has 3 heterocycles. The number of hydrogen-bond acceptors (Lipinski definition) is 8. The summed E-state index contributed by atoms with van der Waals surface area (Å²) in [6.45, 7) is 0.987. The summed E-state index contributed by atoms with van der Waals surface area (Å²) in [5.41, 5.74) is 0.679. The summed E-state index contributed by atoms with van der Waals surface area (Å²) in [6, 6.07) is 17.6. The lowest BCUT2D eigenvalue weighted by molar-refractivity contribution is -0.116. The van der Waals surface area contributed by atoms with Crippen LogP contribution >= 0.6 is 23.1 Å². The maximum atomic E-state index is 12.7. The summed E-state index contributed by atoms with van der Waals surface area (Å²) < 4.78 is 16.7. The lowest BCUT2D eigenvalue weighted by Gasteiger charge is -2.21. The first-order valence-corrected chi connectivity index (χ1v) is 11.8. The second-order valence-electron chi connectivity index (χ2n) is 6.94. The van der Waals surface area contributed by atoms with Gasteiger partial charge in [-0.15, -0.1) is 11.3 Å². The van der Waals surface area contributed by atoms with Gasteiger partial charge in [-0.1, -0.05) is 41.2 Å². The number of benzene rings is 2. The van der Waals surface area contributed by atoms with E-state index in [0.717, 1.165) is 14.7 Å². The highest BCUT2D eigenvalue weighted by molar-refractivity contribution is 7.99. The first-order chi connectivity index (χ1) is 15.7. The Morgan fingerprint density at radius 3 is 2.66 bits per heavy atom.